The van der Waals surface area contributed by atoms with Gasteiger partial charge in [0.2, 0.25) is 59.1 Å². The molecule has 14 N–H and O–H groups in total. The lowest BCUT2D eigenvalue weighted by molar-refractivity contribution is -0.144. The Hall–Kier alpha value is -7.21. The quantitative estimate of drug-likeness (QED) is 0.0155. The summed E-state index contributed by atoms with van der Waals surface area (Å²) in [5, 5.41) is 55.9. The number of H-pyrrole nitrogens is 1. The summed E-state index contributed by atoms with van der Waals surface area (Å²) in [6.45, 7) is 4.86. The van der Waals surface area contributed by atoms with E-state index in [1.54, 1.807) is 26.0 Å². The number of amides is 10. The van der Waals surface area contributed by atoms with Gasteiger partial charge in [0, 0.05) is 66.4 Å². The van der Waals surface area contributed by atoms with Crippen molar-refractivity contribution in [3.05, 3.63) is 33.7 Å². The van der Waals surface area contributed by atoms with Crippen molar-refractivity contribution < 1.29 is 91.2 Å². The van der Waals surface area contributed by atoms with Crippen LogP contribution in [0.2, 0.25) is 0 Å². The molecule has 11 atom stereocenters. The molecule has 506 valence electrons. The third kappa shape index (κ3) is 23.1. The van der Waals surface area contributed by atoms with Gasteiger partial charge in [-0.05, 0) is 47.7 Å². The Bertz CT molecular complexity index is 2920. The average molecular weight is 1320 g/mol. The Morgan fingerprint density at radius 1 is 0.846 bits per heavy atom. The van der Waals surface area contributed by atoms with Crippen LogP contribution in [0.5, 0.6) is 5.75 Å². The third-order valence-corrected chi connectivity index (χ3v) is 17.8. The molecule has 1 aromatic carbocycles. The Balaban J connectivity index is 1.45. The number of aromatic nitrogens is 1. The van der Waals surface area contributed by atoms with Gasteiger partial charge in [-0.3, -0.25) is 52.2 Å². The van der Waals surface area contributed by atoms with Gasteiger partial charge in [-0.2, -0.15) is 11.8 Å². The molecule has 35 heteroatoms. The van der Waals surface area contributed by atoms with Crippen molar-refractivity contribution in [1.29, 1.82) is 0 Å². The van der Waals surface area contributed by atoms with E-state index in [-0.39, 0.29) is 48.4 Å². The van der Waals surface area contributed by atoms with E-state index < -0.39 is 176 Å². The van der Waals surface area contributed by atoms with Crippen LogP contribution in [-0.4, -0.2) is 248 Å². The maximum absolute atomic E-state index is 15.3. The molecule has 2 bridgehead atoms. The minimum Gasteiger partial charge on any atom is -0.496 e. The molecule has 3 aliphatic rings. The third-order valence-electron chi connectivity index (χ3n) is 15.3. The Morgan fingerprint density at radius 2 is 1.51 bits per heavy atom. The lowest BCUT2D eigenvalue weighted by Crippen LogP contribution is -2.62. The molecule has 1 saturated heterocycles. The van der Waals surface area contributed by atoms with E-state index in [0.29, 0.717) is 93.4 Å². The number of azide groups is 1. The van der Waals surface area contributed by atoms with Crippen molar-refractivity contribution in [3.8, 4) is 5.75 Å². The maximum atomic E-state index is 15.3. The first-order chi connectivity index (χ1) is 43.6. The fraction of sp³-hybridized carbons (Fsp3) is 0.679. The van der Waals surface area contributed by atoms with Gasteiger partial charge in [0.15, 0.2) is 0 Å². The number of nitrogens with one attached hydrogen (secondary N) is 9. The predicted molar refractivity (Wildman–Crippen MR) is 327 cm³/mol. The Labute approximate surface area is 532 Å². The summed E-state index contributed by atoms with van der Waals surface area (Å²) in [4.78, 5) is 146. The zero-order chi connectivity index (χ0) is 66.6. The van der Waals surface area contributed by atoms with Gasteiger partial charge in [0.05, 0.1) is 120 Å². The maximum Gasteiger partial charge on any atom is 0.246 e. The van der Waals surface area contributed by atoms with E-state index in [1.807, 2.05) is 0 Å². The zero-order valence-corrected chi connectivity index (χ0v) is 53.1. The minimum atomic E-state index is -2.44. The Kier molecular flexibility index (Phi) is 31.6. The molecule has 2 aromatic rings. The highest BCUT2D eigenvalue weighted by Crippen LogP contribution is 2.36. The highest BCUT2D eigenvalue weighted by molar-refractivity contribution is 7.98. The van der Waals surface area contributed by atoms with Crippen LogP contribution in [0.15, 0.2) is 22.3 Å². The van der Waals surface area contributed by atoms with E-state index in [9.17, 15) is 63.3 Å². The monoisotopic (exact) mass is 1320 g/mol. The van der Waals surface area contributed by atoms with Crippen molar-refractivity contribution in [2.75, 3.05) is 111 Å². The van der Waals surface area contributed by atoms with Gasteiger partial charge in [0.1, 0.15) is 47.0 Å². The number of hydrogen-bond acceptors (Lipinski definition) is 21. The van der Waals surface area contributed by atoms with Crippen LogP contribution >= 0.6 is 11.8 Å². The summed E-state index contributed by atoms with van der Waals surface area (Å²) in [6.07, 6.45) is -3.15. The largest absolute Gasteiger partial charge is 0.496 e. The van der Waals surface area contributed by atoms with Crippen LogP contribution in [0, 0.1) is 11.8 Å². The molecule has 3 aliphatic heterocycles. The molecule has 1 unspecified atom stereocenters. The molecule has 5 rings (SSSR count). The number of hydrogen-bond donors (Lipinski definition) is 13. The zero-order valence-electron chi connectivity index (χ0n) is 51.5. The number of benzene rings is 1. The number of methoxy groups -OCH3 is 1. The molecule has 0 saturated carbocycles. The van der Waals surface area contributed by atoms with Crippen LogP contribution in [-0.2, 0) is 89.9 Å². The number of unbranched alkanes of at least 4 members (excludes halogenated alkanes) is 1. The molecular weight excluding hydrogens is 1240 g/mol. The highest BCUT2D eigenvalue weighted by Gasteiger charge is 2.45. The van der Waals surface area contributed by atoms with E-state index in [2.05, 4.69) is 57.5 Å². The number of primary amides is 1. The summed E-state index contributed by atoms with van der Waals surface area (Å²) >= 11 is 1.49. The van der Waals surface area contributed by atoms with Crippen LogP contribution < -0.4 is 53.0 Å². The molecule has 1 aromatic heterocycles. The van der Waals surface area contributed by atoms with Crippen LogP contribution in [0.3, 0.4) is 0 Å². The number of fused-ring (bicyclic) bond motifs is 5. The van der Waals surface area contributed by atoms with Gasteiger partial charge in [0.25, 0.3) is 0 Å². The summed E-state index contributed by atoms with van der Waals surface area (Å²) in [6, 6.07) is -6.94. The number of aliphatic hydroxyl groups excluding tert-OH is 3. The lowest BCUT2D eigenvalue weighted by Gasteiger charge is -2.32. The second-order valence-electron chi connectivity index (χ2n) is 21.9. The van der Waals surface area contributed by atoms with Crippen LogP contribution in [0.25, 0.3) is 21.3 Å². The van der Waals surface area contributed by atoms with Crippen molar-refractivity contribution >= 4 is 92.5 Å². The normalized spacial score (nSPS) is 23.4. The number of nitrogens with two attached hydrogens (primary N) is 1. The predicted octanol–water partition coefficient (Wildman–Crippen LogP) is -3.72. The highest BCUT2D eigenvalue weighted by atomic mass is 32.2. The van der Waals surface area contributed by atoms with Gasteiger partial charge >= 0.3 is 0 Å². The first kappa shape index (κ1) is 74.5. The number of carbonyl (C=O) groups is 10. The van der Waals surface area contributed by atoms with E-state index in [1.165, 1.54) is 25.8 Å². The van der Waals surface area contributed by atoms with E-state index in [4.69, 9.17) is 34.9 Å². The van der Waals surface area contributed by atoms with Gasteiger partial charge in [-0.25, -0.2) is 0 Å². The first-order valence-electron chi connectivity index (χ1n) is 30.0. The van der Waals surface area contributed by atoms with Gasteiger partial charge < -0.3 is 97.2 Å². The molecule has 0 spiro atoms. The van der Waals surface area contributed by atoms with Gasteiger partial charge in [-0.1, -0.05) is 32.3 Å². The number of aromatic amines is 1. The van der Waals surface area contributed by atoms with E-state index in [0.717, 1.165) is 4.90 Å². The molecule has 0 radical (unpaired) electrons. The second kappa shape index (κ2) is 38.6. The first-order valence-corrected chi connectivity index (χ1v) is 32.5. The summed E-state index contributed by atoms with van der Waals surface area (Å²) in [5.41, 5.74) is 14.9. The number of ether oxygens (including phenoxy) is 5. The second-order valence-corrected chi connectivity index (χ2v) is 24.4. The molecule has 33 nitrogen and oxygen atoms in total. The number of rotatable bonds is 30. The number of nitrogens with zero attached hydrogens (tertiary/aromatic N) is 4. The number of thioether (sulfide) groups is 1. The van der Waals surface area contributed by atoms with Crippen molar-refractivity contribution in [2.45, 2.75) is 125 Å². The van der Waals surface area contributed by atoms with Crippen molar-refractivity contribution in [1.82, 2.24) is 52.4 Å². The van der Waals surface area contributed by atoms with Crippen molar-refractivity contribution in [2.24, 2.45) is 22.7 Å². The van der Waals surface area contributed by atoms with Gasteiger partial charge in [-0.15, -0.1) is 0 Å². The molecule has 91 heavy (non-hydrogen) atoms. The molecule has 4 heterocycles. The molecule has 0 aliphatic carbocycles. The standard InChI is InChI=1S/C56H86N14O19S2/c1-5-31(2)47-53(81)61-25-45(76)63-39-30-91(84)55-35(34-8-9-42(85-4)36(49(34)68-55)29-90-21-7-6-11-59-44(75)10-13-86-15-17-88-19-20-89-18-16-87-14-12-62-69-58)23-37(50(78)60-26-46(77)66-47)64-54(82)48(32(3)41(73)28-71)67-52(80)40-22-33(72)27-70(40)56(83)38(24-43(57)74)65-51(39)79/h8-9,31-33,37-41,47-48,68,71-73H,5-7,10-30H2,1-4H3,(H2,57,74)(H,59,75)(H,60,78)(H,61,81)(H,63,76)(H,64,82)(H,65,79)(H,66,77)(H,67,80)/t31-,32-,33+,37-,38-,39-,40-,41-,47-,48-,91?/m0/s1. The fourth-order valence-electron chi connectivity index (χ4n) is 10.0. The number of aliphatic hydroxyl groups is 3. The van der Waals surface area contributed by atoms with Crippen LogP contribution in [0.1, 0.15) is 70.4 Å². The lowest BCUT2D eigenvalue weighted by atomic mass is 9.93. The molecule has 1 fully saturated rings. The smallest absolute Gasteiger partial charge is 0.246 e. The summed E-state index contributed by atoms with van der Waals surface area (Å²) < 4.78 is 42.8. The molecular formula is C56H86N14O19S2. The topological polar surface area (TPSA) is 485 Å². The molecule has 10 amide bonds. The van der Waals surface area contributed by atoms with Crippen molar-refractivity contribution in [3.63, 3.8) is 0 Å². The Morgan fingerprint density at radius 3 is 2.15 bits per heavy atom. The number of carbonyl (C=O) groups excluding carboxylic acids is 10. The minimum absolute atomic E-state index is 0.112. The fourth-order valence-corrected chi connectivity index (χ4v) is 12.5. The average Bonchev–Trinajstić information content (AvgIpc) is 1.64. The summed E-state index contributed by atoms with van der Waals surface area (Å²) in [7, 11) is -1.01. The van der Waals surface area contributed by atoms with Crippen LogP contribution in [0.4, 0.5) is 0 Å². The SMILES string of the molecule is CC[C@H](C)[C@@H]1NC(=O)CNC(=O)[C@@H]2Cc3c([nH]c4c(CSCCCCNC(=O)CCOCCOCCOCCOCCN=[N+]=[N-])c(OC)ccc34)S(=O)C[C@H](NC(=O)CNC1=O)C(=O)N[C@@H](CC(N)=O)C(=O)N1C[C@H](O)C[C@H]1C(=O)N[C@@H]([C@@H](C)[C@@H](O)CO)C(=O)N2. The summed E-state index contributed by atoms with van der Waals surface area (Å²) in [5.74, 6) is -11.0. The van der Waals surface area contributed by atoms with E-state index >= 15 is 4.21 Å².